The van der Waals surface area contributed by atoms with Gasteiger partial charge in [-0.05, 0) is 25.0 Å². The van der Waals surface area contributed by atoms with E-state index in [0.717, 1.165) is 23.5 Å². The molecule has 2 rings (SSSR count). The van der Waals surface area contributed by atoms with Gasteiger partial charge in [-0.15, -0.1) is 0 Å². The largest absolute Gasteiger partial charge is 0.493 e. The topological polar surface area (TPSA) is 56.8 Å². The molecule has 0 saturated heterocycles. The zero-order valence-corrected chi connectivity index (χ0v) is 12.0. The summed E-state index contributed by atoms with van der Waals surface area (Å²) in [6.07, 6.45) is 0.876. The maximum absolute atomic E-state index is 11.5. The highest BCUT2D eigenvalue weighted by atomic mass is 16.5. The van der Waals surface area contributed by atoms with Crippen LogP contribution in [0.1, 0.15) is 12.5 Å². The van der Waals surface area contributed by atoms with Crippen molar-refractivity contribution in [1.82, 2.24) is 5.32 Å². The number of carbonyl (C=O) groups is 1. The van der Waals surface area contributed by atoms with Crippen LogP contribution in [0, 0.1) is 5.92 Å². The second-order valence-corrected chi connectivity index (χ2v) is 4.77. The van der Waals surface area contributed by atoms with Crippen molar-refractivity contribution in [3.05, 3.63) is 23.8 Å². The van der Waals surface area contributed by atoms with E-state index >= 15 is 0 Å². The third kappa shape index (κ3) is 3.63. The predicted molar refractivity (Wildman–Crippen MR) is 75.2 cm³/mol. The van der Waals surface area contributed by atoms with Gasteiger partial charge in [0.05, 0.1) is 13.7 Å². The third-order valence-electron chi connectivity index (χ3n) is 3.28. The molecular formula is C15H21NO4. The highest BCUT2D eigenvalue weighted by Crippen LogP contribution is 2.35. The summed E-state index contributed by atoms with van der Waals surface area (Å²) in [5.74, 6) is 1.79. The summed E-state index contributed by atoms with van der Waals surface area (Å²) in [6.45, 7) is 3.72. The molecule has 1 atom stereocenters. The van der Waals surface area contributed by atoms with E-state index in [-0.39, 0.29) is 18.4 Å². The fourth-order valence-electron chi connectivity index (χ4n) is 2.25. The molecule has 0 saturated carbocycles. The molecule has 1 aliphatic heterocycles. The first-order valence-electron chi connectivity index (χ1n) is 6.87. The van der Waals surface area contributed by atoms with Gasteiger partial charge >= 0.3 is 0 Å². The summed E-state index contributed by atoms with van der Waals surface area (Å²) in [6, 6.07) is 5.88. The Hall–Kier alpha value is -1.75. The first-order valence-corrected chi connectivity index (χ1v) is 6.87. The minimum absolute atomic E-state index is 0.0803. The normalized spacial score (nSPS) is 17.0. The predicted octanol–water partition coefficient (Wildman–Crippen LogP) is 1.40. The summed E-state index contributed by atoms with van der Waals surface area (Å²) in [5.41, 5.74) is 1.12. The van der Waals surface area contributed by atoms with Crippen LogP contribution in [0.15, 0.2) is 18.2 Å². The Kier molecular flexibility index (Phi) is 5.24. The maximum Gasteiger partial charge on any atom is 0.246 e. The van der Waals surface area contributed by atoms with E-state index in [1.54, 1.807) is 7.11 Å². The molecule has 5 nitrogen and oxygen atoms in total. The van der Waals surface area contributed by atoms with Gasteiger partial charge in [0.15, 0.2) is 11.5 Å². The number of nitrogens with one attached hydrogen (secondary N) is 1. The third-order valence-corrected chi connectivity index (χ3v) is 3.28. The number of para-hydroxylation sites is 1. The molecule has 1 N–H and O–H groups in total. The first-order chi connectivity index (χ1) is 9.74. The Balaban J connectivity index is 1.87. The van der Waals surface area contributed by atoms with Gasteiger partial charge in [0, 0.05) is 19.1 Å². The van der Waals surface area contributed by atoms with Crippen molar-refractivity contribution in [2.24, 2.45) is 5.92 Å². The molecule has 1 heterocycles. The summed E-state index contributed by atoms with van der Waals surface area (Å²) < 4.78 is 16.1. The SMILES string of the molecule is CCOCC(=O)NC[C@H]1COc2c(cccc2OC)C1. The maximum atomic E-state index is 11.5. The Morgan fingerprint density at radius 1 is 1.50 bits per heavy atom. The van der Waals surface area contributed by atoms with Crippen LogP contribution in [0.25, 0.3) is 0 Å². The zero-order chi connectivity index (χ0) is 14.4. The van der Waals surface area contributed by atoms with Crippen molar-refractivity contribution in [3.8, 4) is 11.5 Å². The van der Waals surface area contributed by atoms with Crippen LogP contribution in [0.4, 0.5) is 0 Å². The van der Waals surface area contributed by atoms with E-state index in [1.807, 2.05) is 25.1 Å². The fraction of sp³-hybridized carbons (Fsp3) is 0.533. The number of rotatable bonds is 6. The molecule has 0 aromatic heterocycles. The van der Waals surface area contributed by atoms with Crippen molar-refractivity contribution in [1.29, 1.82) is 0 Å². The van der Waals surface area contributed by atoms with Crippen molar-refractivity contribution in [2.45, 2.75) is 13.3 Å². The quantitative estimate of drug-likeness (QED) is 0.855. The molecule has 0 spiro atoms. The van der Waals surface area contributed by atoms with Crippen LogP contribution in [-0.4, -0.2) is 39.4 Å². The minimum Gasteiger partial charge on any atom is -0.493 e. The monoisotopic (exact) mass is 279 g/mol. The van der Waals surface area contributed by atoms with E-state index in [2.05, 4.69) is 5.32 Å². The van der Waals surface area contributed by atoms with Gasteiger partial charge in [-0.2, -0.15) is 0 Å². The van der Waals surface area contributed by atoms with E-state index in [0.29, 0.717) is 19.8 Å². The molecule has 0 fully saturated rings. The molecular weight excluding hydrogens is 258 g/mol. The second kappa shape index (κ2) is 7.14. The van der Waals surface area contributed by atoms with Crippen LogP contribution >= 0.6 is 0 Å². The van der Waals surface area contributed by atoms with E-state index < -0.39 is 0 Å². The van der Waals surface area contributed by atoms with Crippen LogP contribution < -0.4 is 14.8 Å². The molecule has 1 aromatic rings. The van der Waals surface area contributed by atoms with Gasteiger partial charge in [0.1, 0.15) is 6.61 Å². The Labute approximate surface area is 119 Å². The summed E-state index contributed by atoms with van der Waals surface area (Å²) in [7, 11) is 1.64. The fourth-order valence-corrected chi connectivity index (χ4v) is 2.25. The number of benzene rings is 1. The summed E-state index contributed by atoms with van der Waals surface area (Å²) >= 11 is 0. The lowest BCUT2D eigenvalue weighted by Crippen LogP contribution is -2.36. The standard InChI is InChI=1S/C15H21NO4/c1-3-19-10-14(17)16-8-11-7-12-5-4-6-13(18-2)15(12)20-9-11/h4-6,11H,3,7-10H2,1-2H3,(H,16,17)/t11-/m0/s1. The highest BCUT2D eigenvalue weighted by Gasteiger charge is 2.22. The van der Waals surface area contributed by atoms with Crippen molar-refractivity contribution < 1.29 is 19.0 Å². The Morgan fingerprint density at radius 2 is 2.35 bits per heavy atom. The molecule has 0 unspecified atom stereocenters. The Bertz CT molecular complexity index is 461. The number of methoxy groups -OCH3 is 1. The molecule has 5 heteroatoms. The number of amides is 1. The summed E-state index contributed by atoms with van der Waals surface area (Å²) in [4.78, 5) is 11.5. The molecule has 0 radical (unpaired) electrons. The molecule has 1 aliphatic rings. The number of carbonyl (C=O) groups excluding carboxylic acids is 1. The lowest BCUT2D eigenvalue weighted by Gasteiger charge is -2.26. The van der Waals surface area contributed by atoms with E-state index in [1.165, 1.54) is 0 Å². The van der Waals surface area contributed by atoms with Crippen LogP contribution in [0.2, 0.25) is 0 Å². The van der Waals surface area contributed by atoms with E-state index in [9.17, 15) is 4.79 Å². The van der Waals surface area contributed by atoms with Gasteiger partial charge in [-0.1, -0.05) is 12.1 Å². The van der Waals surface area contributed by atoms with Crippen LogP contribution in [0.5, 0.6) is 11.5 Å². The van der Waals surface area contributed by atoms with Crippen molar-refractivity contribution >= 4 is 5.91 Å². The minimum atomic E-state index is -0.0803. The molecule has 110 valence electrons. The first kappa shape index (κ1) is 14.7. The Morgan fingerprint density at radius 3 is 3.10 bits per heavy atom. The zero-order valence-electron chi connectivity index (χ0n) is 12.0. The van der Waals surface area contributed by atoms with Gasteiger partial charge in [-0.3, -0.25) is 4.79 Å². The van der Waals surface area contributed by atoms with Gasteiger partial charge in [-0.25, -0.2) is 0 Å². The van der Waals surface area contributed by atoms with E-state index in [4.69, 9.17) is 14.2 Å². The lowest BCUT2D eigenvalue weighted by atomic mass is 9.96. The smallest absolute Gasteiger partial charge is 0.246 e. The average molecular weight is 279 g/mol. The molecule has 20 heavy (non-hydrogen) atoms. The molecule has 0 aliphatic carbocycles. The second-order valence-electron chi connectivity index (χ2n) is 4.77. The highest BCUT2D eigenvalue weighted by molar-refractivity contribution is 5.77. The van der Waals surface area contributed by atoms with Crippen molar-refractivity contribution in [2.75, 3.05) is 33.5 Å². The number of fused-ring (bicyclic) bond motifs is 1. The van der Waals surface area contributed by atoms with Crippen molar-refractivity contribution in [3.63, 3.8) is 0 Å². The number of hydrogen-bond donors (Lipinski definition) is 1. The summed E-state index contributed by atoms with van der Waals surface area (Å²) in [5, 5.41) is 2.87. The van der Waals surface area contributed by atoms with Crippen LogP contribution in [-0.2, 0) is 16.0 Å². The average Bonchev–Trinajstić information content (AvgIpc) is 2.49. The molecule has 1 aromatic carbocycles. The van der Waals surface area contributed by atoms with Gasteiger partial charge in [0.25, 0.3) is 0 Å². The lowest BCUT2D eigenvalue weighted by molar-refractivity contribution is -0.125. The number of hydrogen-bond acceptors (Lipinski definition) is 4. The van der Waals surface area contributed by atoms with Gasteiger partial charge in [0.2, 0.25) is 5.91 Å². The molecule has 0 bridgehead atoms. The molecule has 1 amide bonds. The van der Waals surface area contributed by atoms with Gasteiger partial charge < -0.3 is 19.5 Å². The number of ether oxygens (including phenoxy) is 3. The van der Waals surface area contributed by atoms with Crippen LogP contribution in [0.3, 0.4) is 0 Å².